The fourth-order valence-electron chi connectivity index (χ4n) is 1.24. The second kappa shape index (κ2) is 4.30. The largest absolute Gasteiger partial charge is 0.394 e. The number of halogens is 1. The number of aliphatic hydroxyl groups excluding tert-OH is 3. The highest BCUT2D eigenvalue weighted by Gasteiger charge is 2.44. The predicted molar refractivity (Wildman–Crippen MR) is 39.7 cm³/mol. The third kappa shape index (κ3) is 1.97. The maximum Gasteiger partial charge on any atom is 0.186 e. The van der Waals surface area contributed by atoms with Crippen molar-refractivity contribution in [3.05, 3.63) is 0 Å². The summed E-state index contributed by atoms with van der Waals surface area (Å²) < 4.78 is 22.5. The number of aliphatic hydroxyl groups is 3. The molecule has 5 atom stereocenters. The lowest BCUT2D eigenvalue weighted by Crippen LogP contribution is -2.57. The molecule has 1 unspecified atom stereocenters. The van der Waals surface area contributed by atoms with E-state index in [-0.39, 0.29) is 0 Å². The lowest BCUT2D eigenvalue weighted by atomic mass is 10.0. The number of hydrogen-bond donors (Lipinski definition) is 3. The van der Waals surface area contributed by atoms with E-state index >= 15 is 0 Å². The van der Waals surface area contributed by atoms with Gasteiger partial charge in [0.2, 0.25) is 0 Å². The minimum Gasteiger partial charge on any atom is -0.394 e. The Kier molecular flexibility index (Phi) is 3.57. The fraction of sp³-hybridized carbons (Fsp3) is 1.00. The highest BCUT2D eigenvalue weighted by atomic mass is 19.1. The van der Waals surface area contributed by atoms with Gasteiger partial charge in [0.1, 0.15) is 18.3 Å². The van der Waals surface area contributed by atoms with Crippen molar-refractivity contribution >= 4 is 0 Å². The van der Waals surface area contributed by atoms with E-state index < -0.39 is 37.4 Å². The number of hydrogen-bond acceptors (Lipinski definition) is 5. The molecule has 0 aliphatic carbocycles. The van der Waals surface area contributed by atoms with Crippen molar-refractivity contribution in [2.75, 3.05) is 13.7 Å². The monoisotopic (exact) mass is 196 g/mol. The van der Waals surface area contributed by atoms with Crippen molar-refractivity contribution in [2.24, 2.45) is 0 Å². The van der Waals surface area contributed by atoms with Gasteiger partial charge in [0.05, 0.1) is 6.61 Å². The third-order valence-electron chi connectivity index (χ3n) is 2.03. The normalized spacial score (nSPS) is 46.4. The van der Waals surface area contributed by atoms with Crippen LogP contribution in [-0.2, 0) is 9.47 Å². The number of alkyl halides is 1. The summed E-state index contributed by atoms with van der Waals surface area (Å²) in [6.07, 6.45) is -7.06. The van der Waals surface area contributed by atoms with Crippen molar-refractivity contribution in [1.29, 1.82) is 0 Å². The van der Waals surface area contributed by atoms with Crippen molar-refractivity contribution in [3.63, 3.8) is 0 Å². The maximum absolute atomic E-state index is 13.1. The molecule has 78 valence electrons. The molecule has 0 amide bonds. The Morgan fingerprint density at radius 3 is 2.46 bits per heavy atom. The van der Waals surface area contributed by atoms with Gasteiger partial charge in [-0.1, -0.05) is 0 Å². The van der Waals surface area contributed by atoms with Crippen LogP contribution in [0.25, 0.3) is 0 Å². The summed E-state index contributed by atoms with van der Waals surface area (Å²) in [5.74, 6) is 0. The molecule has 3 N–H and O–H groups in total. The number of methoxy groups -OCH3 is 1. The van der Waals surface area contributed by atoms with Crippen molar-refractivity contribution < 1.29 is 29.2 Å². The topological polar surface area (TPSA) is 79.2 Å². The molecule has 0 bridgehead atoms. The molecule has 1 fully saturated rings. The minimum atomic E-state index is -1.80. The van der Waals surface area contributed by atoms with Gasteiger partial charge in [-0.15, -0.1) is 0 Å². The standard InChI is InChI=1S/C7H13FO5/c1-12-7-6(11)5(10)4(8)3(2-9)13-7/h3-7,9-11H,2H2,1H3/t3-,4-,5+,6-,7?/m1/s1. The van der Waals surface area contributed by atoms with Crippen LogP contribution in [-0.4, -0.2) is 59.8 Å². The zero-order valence-corrected chi connectivity index (χ0v) is 7.13. The van der Waals surface area contributed by atoms with Crippen molar-refractivity contribution in [1.82, 2.24) is 0 Å². The van der Waals surface area contributed by atoms with Crippen molar-refractivity contribution in [3.8, 4) is 0 Å². The lowest BCUT2D eigenvalue weighted by Gasteiger charge is -2.37. The van der Waals surface area contributed by atoms with Crippen LogP contribution in [0.5, 0.6) is 0 Å². The first-order valence-electron chi connectivity index (χ1n) is 3.91. The van der Waals surface area contributed by atoms with Crippen LogP contribution in [0.3, 0.4) is 0 Å². The molecule has 1 rings (SSSR count). The van der Waals surface area contributed by atoms with Crippen LogP contribution >= 0.6 is 0 Å². The first kappa shape index (κ1) is 10.8. The van der Waals surface area contributed by atoms with Gasteiger partial charge in [-0.3, -0.25) is 0 Å². The minimum absolute atomic E-state index is 0.565. The zero-order valence-electron chi connectivity index (χ0n) is 7.13. The van der Waals surface area contributed by atoms with E-state index in [9.17, 15) is 9.50 Å². The van der Waals surface area contributed by atoms with Gasteiger partial charge in [0.15, 0.2) is 12.5 Å². The quantitative estimate of drug-likeness (QED) is 0.496. The average Bonchev–Trinajstić information content (AvgIpc) is 2.15. The molecule has 0 aromatic rings. The van der Waals surface area contributed by atoms with E-state index in [1.807, 2.05) is 0 Å². The maximum atomic E-state index is 13.1. The van der Waals surface area contributed by atoms with Crippen LogP contribution in [0.4, 0.5) is 4.39 Å². The molecule has 1 aliphatic heterocycles. The molecule has 1 aliphatic rings. The molecule has 5 nitrogen and oxygen atoms in total. The number of ether oxygens (including phenoxy) is 2. The summed E-state index contributed by atoms with van der Waals surface area (Å²) >= 11 is 0. The summed E-state index contributed by atoms with van der Waals surface area (Å²) in [5.41, 5.74) is 0. The molecule has 1 heterocycles. The average molecular weight is 196 g/mol. The van der Waals surface area contributed by atoms with E-state index in [4.69, 9.17) is 14.9 Å². The Bertz CT molecular complexity index is 147. The van der Waals surface area contributed by atoms with E-state index in [2.05, 4.69) is 4.74 Å². The summed E-state index contributed by atoms with van der Waals surface area (Å²) in [7, 11) is 1.26. The summed E-state index contributed by atoms with van der Waals surface area (Å²) in [4.78, 5) is 0. The Balaban J connectivity index is 2.66. The van der Waals surface area contributed by atoms with E-state index in [0.29, 0.717) is 0 Å². The molecule has 0 aromatic heterocycles. The summed E-state index contributed by atoms with van der Waals surface area (Å²) in [6, 6.07) is 0. The van der Waals surface area contributed by atoms with Gasteiger partial charge in [-0.25, -0.2) is 4.39 Å². The molecular formula is C7H13FO5. The first-order chi connectivity index (χ1) is 6.11. The first-order valence-corrected chi connectivity index (χ1v) is 3.91. The Labute approximate surface area is 74.7 Å². The SMILES string of the molecule is COC1O[C@H](CO)[C@@H](F)[C@H](O)[C@H]1O. The third-order valence-corrected chi connectivity index (χ3v) is 2.03. The predicted octanol–water partition coefficient (Wildman–Crippen LogP) is -1.59. The molecule has 0 spiro atoms. The van der Waals surface area contributed by atoms with Gasteiger partial charge >= 0.3 is 0 Å². The molecule has 13 heavy (non-hydrogen) atoms. The Morgan fingerprint density at radius 2 is 2.00 bits per heavy atom. The molecule has 0 saturated carbocycles. The van der Waals surface area contributed by atoms with Gasteiger partial charge < -0.3 is 24.8 Å². The second-order valence-electron chi connectivity index (χ2n) is 2.89. The lowest BCUT2D eigenvalue weighted by molar-refractivity contribution is -0.283. The van der Waals surface area contributed by atoms with Crippen LogP contribution in [0.15, 0.2) is 0 Å². The number of rotatable bonds is 2. The molecule has 6 heteroatoms. The van der Waals surface area contributed by atoms with Gasteiger partial charge in [-0.05, 0) is 0 Å². The smallest absolute Gasteiger partial charge is 0.186 e. The van der Waals surface area contributed by atoms with Gasteiger partial charge in [0, 0.05) is 7.11 Å². The molecule has 1 saturated heterocycles. The Morgan fingerprint density at radius 1 is 1.38 bits per heavy atom. The fourth-order valence-corrected chi connectivity index (χ4v) is 1.24. The van der Waals surface area contributed by atoms with Gasteiger partial charge in [0.25, 0.3) is 0 Å². The van der Waals surface area contributed by atoms with E-state index in [0.717, 1.165) is 0 Å². The van der Waals surface area contributed by atoms with Gasteiger partial charge in [-0.2, -0.15) is 0 Å². The van der Waals surface area contributed by atoms with E-state index in [1.54, 1.807) is 0 Å². The summed E-state index contributed by atoms with van der Waals surface area (Å²) in [6.45, 7) is -0.565. The van der Waals surface area contributed by atoms with Crippen molar-refractivity contribution in [2.45, 2.75) is 30.8 Å². The highest BCUT2D eigenvalue weighted by molar-refractivity contribution is 4.88. The summed E-state index contributed by atoms with van der Waals surface area (Å²) in [5, 5.41) is 27.0. The second-order valence-corrected chi connectivity index (χ2v) is 2.89. The molecule has 0 radical (unpaired) electrons. The van der Waals surface area contributed by atoms with Crippen LogP contribution in [0.2, 0.25) is 0 Å². The molecular weight excluding hydrogens is 183 g/mol. The zero-order chi connectivity index (χ0) is 10.0. The van der Waals surface area contributed by atoms with E-state index in [1.165, 1.54) is 7.11 Å². The van der Waals surface area contributed by atoms with Crippen LogP contribution in [0.1, 0.15) is 0 Å². The van der Waals surface area contributed by atoms with Crippen LogP contribution in [0, 0.1) is 0 Å². The Hall–Kier alpha value is -0.270. The molecule has 0 aromatic carbocycles. The highest BCUT2D eigenvalue weighted by Crippen LogP contribution is 2.23. The van der Waals surface area contributed by atoms with Crippen LogP contribution < -0.4 is 0 Å².